The lowest BCUT2D eigenvalue weighted by atomic mass is 10.0. The summed E-state index contributed by atoms with van der Waals surface area (Å²) in [5.41, 5.74) is 0.295. The summed E-state index contributed by atoms with van der Waals surface area (Å²) in [4.78, 5) is 26.2. The zero-order valence-electron chi connectivity index (χ0n) is 13.8. The van der Waals surface area contributed by atoms with E-state index in [1.54, 1.807) is 11.8 Å². The molecule has 1 aliphatic heterocycles. The lowest BCUT2D eigenvalue weighted by Gasteiger charge is -2.31. The van der Waals surface area contributed by atoms with Gasteiger partial charge < -0.3 is 10.1 Å². The van der Waals surface area contributed by atoms with Crippen LogP contribution in [-0.4, -0.2) is 45.7 Å². The minimum Gasteiger partial charge on any atom is -0.444 e. The first-order chi connectivity index (χ1) is 9.44. The number of carbonyl (C=O) groups is 2. The molecule has 0 bridgehead atoms. The van der Waals surface area contributed by atoms with E-state index in [0.29, 0.717) is 12.4 Å². The van der Waals surface area contributed by atoms with E-state index in [-0.39, 0.29) is 10.7 Å². The van der Waals surface area contributed by atoms with Crippen LogP contribution < -0.4 is 5.32 Å². The van der Waals surface area contributed by atoms with E-state index < -0.39 is 17.7 Å². The maximum absolute atomic E-state index is 12.4. The van der Waals surface area contributed by atoms with Gasteiger partial charge in [-0.3, -0.25) is 9.69 Å². The van der Waals surface area contributed by atoms with Crippen LogP contribution in [0.15, 0.2) is 12.2 Å². The number of hydrogen-bond acceptors (Lipinski definition) is 4. The number of ether oxygens (including phenoxy) is 1. The normalized spacial score (nSPS) is 21.0. The highest BCUT2D eigenvalue weighted by atomic mass is 32.2. The molecular formula is C15H26N2O3S. The van der Waals surface area contributed by atoms with Gasteiger partial charge in [-0.25, -0.2) is 4.79 Å². The van der Waals surface area contributed by atoms with Gasteiger partial charge in [0.05, 0.1) is 5.88 Å². The van der Waals surface area contributed by atoms with E-state index in [1.807, 2.05) is 41.5 Å². The Labute approximate surface area is 131 Å². The summed E-state index contributed by atoms with van der Waals surface area (Å²) in [5, 5.41) is 2.83. The Balaban J connectivity index is 2.86. The van der Waals surface area contributed by atoms with Crippen molar-refractivity contribution in [3.63, 3.8) is 0 Å². The minimum atomic E-state index is -0.576. The van der Waals surface area contributed by atoms with Crippen LogP contribution in [0.1, 0.15) is 41.5 Å². The molecule has 1 saturated heterocycles. The first-order valence-corrected chi connectivity index (χ1v) is 7.98. The van der Waals surface area contributed by atoms with Crippen molar-refractivity contribution in [1.29, 1.82) is 0 Å². The van der Waals surface area contributed by atoms with Crippen molar-refractivity contribution in [3.05, 3.63) is 12.2 Å². The molecule has 1 atom stereocenters. The molecule has 5 nitrogen and oxygen atoms in total. The summed E-state index contributed by atoms with van der Waals surface area (Å²) in [6.45, 7) is 15.4. The van der Waals surface area contributed by atoms with Crippen molar-refractivity contribution in [2.75, 3.05) is 12.4 Å². The molecule has 1 fully saturated rings. The van der Waals surface area contributed by atoms with E-state index in [2.05, 4.69) is 11.9 Å². The average molecular weight is 314 g/mol. The zero-order chi connectivity index (χ0) is 16.4. The van der Waals surface area contributed by atoms with Crippen molar-refractivity contribution in [1.82, 2.24) is 10.2 Å². The molecule has 1 N–H and O–H groups in total. The van der Waals surface area contributed by atoms with Crippen LogP contribution in [0.2, 0.25) is 0 Å². The van der Waals surface area contributed by atoms with E-state index >= 15 is 0 Å². The molecular weight excluding hydrogens is 288 g/mol. The first-order valence-electron chi connectivity index (χ1n) is 7.00. The van der Waals surface area contributed by atoms with Crippen LogP contribution in [0.4, 0.5) is 4.79 Å². The van der Waals surface area contributed by atoms with E-state index in [0.717, 1.165) is 5.57 Å². The molecule has 0 unspecified atom stereocenters. The summed E-state index contributed by atoms with van der Waals surface area (Å²) < 4.78 is 5.05. The Morgan fingerprint density at radius 2 is 2.00 bits per heavy atom. The lowest BCUT2D eigenvalue weighted by Crippen LogP contribution is -2.54. The van der Waals surface area contributed by atoms with Gasteiger partial charge in [0.1, 0.15) is 11.6 Å². The SMILES string of the molecule is C=C(C)CNC(=O)[C@H]1N(C(=O)OC(C)(C)C)CSC1(C)C. The molecule has 2 amide bonds. The summed E-state index contributed by atoms with van der Waals surface area (Å²) in [5.74, 6) is 0.284. The number of nitrogens with one attached hydrogen (secondary N) is 1. The van der Waals surface area contributed by atoms with Crippen molar-refractivity contribution in [2.24, 2.45) is 0 Å². The van der Waals surface area contributed by atoms with Gasteiger partial charge in [-0.1, -0.05) is 12.2 Å². The largest absolute Gasteiger partial charge is 0.444 e. The van der Waals surface area contributed by atoms with Crippen molar-refractivity contribution in [2.45, 2.75) is 57.9 Å². The highest BCUT2D eigenvalue weighted by molar-refractivity contribution is 8.00. The Morgan fingerprint density at radius 3 is 2.48 bits per heavy atom. The van der Waals surface area contributed by atoms with Crippen LogP contribution in [0.5, 0.6) is 0 Å². The number of nitrogens with zero attached hydrogens (tertiary/aromatic N) is 1. The third-order valence-electron chi connectivity index (χ3n) is 2.99. The lowest BCUT2D eigenvalue weighted by molar-refractivity contribution is -0.126. The molecule has 0 aliphatic carbocycles. The topological polar surface area (TPSA) is 58.6 Å². The van der Waals surface area contributed by atoms with Crippen molar-refractivity contribution in [3.8, 4) is 0 Å². The fraction of sp³-hybridized carbons (Fsp3) is 0.733. The maximum Gasteiger partial charge on any atom is 0.411 e. The van der Waals surface area contributed by atoms with Crippen LogP contribution >= 0.6 is 11.8 Å². The zero-order valence-corrected chi connectivity index (χ0v) is 14.6. The second-order valence-corrected chi connectivity index (χ2v) is 8.50. The molecule has 0 aromatic heterocycles. The molecule has 0 radical (unpaired) electrons. The smallest absolute Gasteiger partial charge is 0.411 e. The van der Waals surface area contributed by atoms with Gasteiger partial charge in [0.15, 0.2) is 0 Å². The fourth-order valence-electron chi connectivity index (χ4n) is 2.04. The van der Waals surface area contributed by atoms with Crippen LogP contribution in [0.3, 0.4) is 0 Å². The molecule has 0 aromatic rings. The standard InChI is InChI=1S/C15H26N2O3S/c1-10(2)8-16-12(18)11-15(6,7)21-9-17(11)13(19)20-14(3,4)5/h11H,1,8-9H2,2-7H3,(H,16,18)/t11-/m1/s1. The summed E-state index contributed by atoms with van der Waals surface area (Å²) >= 11 is 1.57. The maximum atomic E-state index is 12.4. The Kier molecular flexibility index (Phi) is 5.36. The van der Waals surface area contributed by atoms with Gasteiger partial charge in [-0.05, 0) is 41.5 Å². The van der Waals surface area contributed by atoms with Crippen LogP contribution in [0.25, 0.3) is 0 Å². The minimum absolute atomic E-state index is 0.168. The van der Waals surface area contributed by atoms with Gasteiger partial charge in [-0.2, -0.15) is 0 Å². The average Bonchev–Trinajstić information content (AvgIpc) is 2.59. The summed E-state index contributed by atoms with van der Waals surface area (Å²) in [6.07, 6.45) is -0.448. The van der Waals surface area contributed by atoms with Crippen LogP contribution in [0, 0.1) is 0 Å². The van der Waals surface area contributed by atoms with Gasteiger partial charge in [0.2, 0.25) is 5.91 Å². The fourth-order valence-corrected chi connectivity index (χ4v) is 3.15. The third kappa shape index (κ3) is 4.95. The van der Waals surface area contributed by atoms with E-state index in [1.165, 1.54) is 4.90 Å². The Morgan fingerprint density at radius 1 is 1.43 bits per heavy atom. The van der Waals surface area contributed by atoms with Gasteiger partial charge in [0, 0.05) is 11.3 Å². The van der Waals surface area contributed by atoms with Crippen molar-refractivity contribution < 1.29 is 14.3 Å². The highest BCUT2D eigenvalue weighted by Gasteiger charge is 2.49. The molecule has 1 aliphatic rings. The molecule has 0 spiro atoms. The quantitative estimate of drug-likeness (QED) is 0.814. The predicted molar refractivity (Wildman–Crippen MR) is 86.2 cm³/mol. The number of thioether (sulfide) groups is 1. The molecule has 6 heteroatoms. The van der Waals surface area contributed by atoms with Gasteiger partial charge in [0.25, 0.3) is 0 Å². The molecule has 1 heterocycles. The van der Waals surface area contributed by atoms with Gasteiger partial charge in [-0.15, -0.1) is 11.8 Å². The third-order valence-corrected chi connectivity index (χ3v) is 4.36. The summed E-state index contributed by atoms with van der Waals surface area (Å²) in [6, 6.07) is -0.545. The number of amides is 2. The second kappa shape index (κ2) is 6.30. The first kappa shape index (κ1) is 17.9. The highest BCUT2D eigenvalue weighted by Crippen LogP contribution is 2.40. The summed E-state index contributed by atoms with van der Waals surface area (Å²) in [7, 11) is 0. The van der Waals surface area contributed by atoms with E-state index in [4.69, 9.17) is 4.74 Å². The van der Waals surface area contributed by atoms with E-state index in [9.17, 15) is 9.59 Å². The number of hydrogen-bond donors (Lipinski definition) is 1. The monoisotopic (exact) mass is 314 g/mol. The molecule has 120 valence electrons. The van der Waals surface area contributed by atoms with Crippen LogP contribution in [-0.2, 0) is 9.53 Å². The van der Waals surface area contributed by atoms with Gasteiger partial charge >= 0.3 is 6.09 Å². The van der Waals surface area contributed by atoms with Crippen molar-refractivity contribution >= 4 is 23.8 Å². The molecule has 21 heavy (non-hydrogen) atoms. The number of rotatable bonds is 3. The Bertz CT molecular complexity index is 441. The predicted octanol–water partition coefficient (Wildman–Crippen LogP) is 2.77. The second-order valence-electron chi connectivity index (χ2n) is 6.90. The Hall–Kier alpha value is -1.17. The molecule has 0 aromatic carbocycles. The molecule has 1 rings (SSSR count). The molecule has 0 saturated carbocycles. The number of carbonyl (C=O) groups excluding carboxylic acids is 2.